The van der Waals surface area contributed by atoms with Crippen molar-refractivity contribution in [1.29, 1.82) is 0 Å². The molecule has 2 aliphatic heterocycles. The molecule has 10 heteroatoms. The predicted molar refractivity (Wildman–Crippen MR) is 92.6 cm³/mol. The molecule has 0 spiro atoms. The summed E-state index contributed by atoms with van der Waals surface area (Å²) in [4.78, 5) is 25.8. The van der Waals surface area contributed by atoms with E-state index in [2.05, 4.69) is 5.32 Å². The highest BCUT2D eigenvalue weighted by Gasteiger charge is 2.49. The largest absolute Gasteiger partial charge is 0.506 e. The number of carbonyl (C=O) groups excluding carboxylic acids is 1. The Hall–Kier alpha value is -1.94. The Morgan fingerprint density at radius 1 is 1.30 bits per heavy atom. The average Bonchev–Trinajstić information content (AvgIpc) is 3.14. The van der Waals surface area contributed by atoms with E-state index in [-0.39, 0.29) is 18.9 Å². The SMILES string of the molecule is O=C(O)OC1(C(=O)N2CCSC2)CNCC(c2ccc(C(F)(F)F)cc2)C1. The van der Waals surface area contributed by atoms with E-state index in [9.17, 15) is 22.8 Å². The van der Waals surface area contributed by atoms with Gasteiger partial charge in [-0.25, -0.2) is 4.79 Å². The van der Waals surface area contributed by atoms with Crippen molar-refractivity contribution in [3.8, 4) is 0 Å². The molecule has 6 nitrogen and oxygen atoms in total. The number of halogens is 3. The Bertz CT molecular complexity index is 707. The molecule has 2 unspecified atom stereocenters. The zero-order chi connectivity index (χ0) is 19.7. The van der Waals surface area contributed by atoms with Gasteiger partial charge < -0.3 is 20.1 Å². The van der Waals surface area contributed by atoms with Crippen molar-refractivity contribution < 1.29 is 32.6 Å². The first-order chi connectivity index (χ1) is 12.7. The Morgan fingerprint density at radius 2 is 2.00 bits per heavy atom. The van der Waals surface area contributed by atoms with Crippen molar-refractivity contribution in [1.82, 2.24) is 10.2 Å². The normalized spacial score (nSPS) is 26.0. The molecule has 0 saturated carbocycles. The standard InChI is InChI=1S/C17H19F3N2O4S/c18-17(19,20)13-3-1-11(2-4-13)12-7-16(9-21-8-12,26-15(24)25)14(23)22-5-6-27-10-22/h1-4,12,21H,5-10H2,(H,24,25). The maximum absolute atomic E-state index is 13.0. The summed E-state index contributed by atoms with van der Waals surface area (Å²) in [6.07, 6.45) is -5.90. The molecule has 27 heavy (non-hydrogen) atoms. The lowest BCUT2D eigenvalue weighted by Gasteiger charge is -2.40. The third-order valence-corrected chi connectivity index (χ3v) is 5.76. The van der Waals surface area contributed by atoms with Gasteiger partial charge in [0.15, 0.2) is 0 Å². The molecular formula is C17H19F3N2O4S. The Balaban J connectivity index is 1.84. The van der Waals surface area contributed by atoms with Gasteiger partial charge >= 0.3 is 12.3 Å². The monoisotopic (exact) mass is 404 g/mol. The molecule has 2 heterocycles. The van der Waals surface area contributed by atoms with Crippen molar-refractivity contribution >= 4 is 23.8 Å². The van der Waals surface area contributed by atoms with E-state index < -0.39 is 29.4 Å². The molecule has 1 amide bonds. The summed E-state index contributed by atoms with van der Waals surface area (Å²) in [5, 5.41) is 12.2. The van der Waals surface area contributed by atoms with Gasteiger partial charge in [-0.15, -0.1) is 11.8 Å². The van der Waals surface area contributed by atoms with Crippen LogP contribution >= 0.6 is 11.8 Å². The second-order valence-electron chi connectivity index (χ2n) is 6.62. The molecule has 2 fully saturated rings. The van der Waals surface area contributed by atoms with Crippen molar-refractivity contribution in [2.75, 3.05) is 31.3 Å². The van der Waals surface area contributed by atoms with E-state index in [4.69, 9.17) is 9.84 Å². The van der Waals surface area contributed by atoms with Gasteiger partial charge in [0.25, 0.3) is 5.91 Å². The molecule has 2 N–H and O–H groups in total. The lowest BCUT2D eigenvalue weighted by molar-refractivity contribution is -0.154. The van der Waals surface area contributed by atoms with Crippen LogP contribution < -0.4 is 5.32 Å². The van der Waals surface area contributed by atoms with Gasteiger partial charge in [-0.1, -0.05) is 12.1 Å². The maximum atomic E-state index is 13.0. The number of nitrogens with zero attached hydrogens (tertiary/aromatic N) is 1. The van der Waals surface area contributed by atoms with Crippen LogP contribution in [0.1, 0.15) is 23.5 Å². The number of thioether (sulfide) groups is 1. The van der Waals surface area contributed by atoms with E-state index >= 15 is 0 Å². The number of benzene rings is 1. The van der Waals surface area contributed by atoms with Crippen LogP contribution in [0.15, 0.2) is 24.3 Å². The minimum absolute atomic E-state index is 0.0381. The van der Waals surface area contributed by atoms with Crippen molar-refractivity contribution in [3.63, 3.8) is 0 Å². The Morgan fingerprint density at radius 3 is 2.56 bits per heavy atom. The van der Waals surface area contributed by atoms with Gasteiger partial charge in [-0.2, -0.15) is 13.2 Å². The third-order valence-electron chi connectivity index (χ3n) is 4.80. The van der Waals surface area contributed by atoms with E-state index in [0.717, 1.165) is 17.9 Å². The van der Waals surface area contributed by atoms with Gasteiger partial charge in [0, 0.05) is 37.7 Å². The van der Waals surface area contributed by atoms with Gasteiger partial charge in [0.05, 0.1) is 11.4 Å². The van der Waals surface area contributed by atoms with Crippen molar-refractivity contribution in [2.45, 2.75) is 24.1 Å². The van der Waals surface area contributed by atoms with Crippen LogP contribution in [-0.2, 0) is 15.7 Å². The van der Waals surface area contributed by atoms with Crippen LogP contribution in [0.5, 0.6) is 0 Å². The van der Waals surface area contributed by atoms with E-state index in [0.29, 0.717) is 24.5 Å². The topological polar surface area (TPSA) is 78.9 Å². The minimum atomic E-state index is -4.43. The number of nitrogens with one attached hydrogen (secondary N) is 1. The van der Waals surface area contributed by atoms with Gasteiger partial charge in [0.2, 0.25) is 5.60 Å². The predicted octanol–water partition coefficient (Wildman–Crippen LogP) is 2.75. The lowest BCUT2D eigenvalue weighted by Crippen LogP contribution is -2.60. The summed E-state index contributed by atoms with van der Waals surface area (Å²) in [5.41, 5.74) is -1.74. The van der Waals surface area contributed by atoms with Gasteiger partial charge in [-0.3, -0.25) is 4.79 Å². The fourth-order valence-electron chi connectivity index (χ4n) is 3.48. The zero-order valence-corrected chi connectivity index (χ0v) is 15.1. The first-order valence-electron chi connectivity index (χ1n) is 8.38. The van der Waals surface area contributed by atoms with Crippen molar-refractivity contribution in [3.05, 3.63) is 35.4 Å². The van der Waals surface area contributed by atoms with Crippen LogP contribution in [0.2, 0.25) is 0 Å². The van der Waals surface area contributed by atoms with Gasteiger partial charge in [-0.05, 0) is 17.7 Å². The number of ether oxygens (including phenoxy) is 1. The fourth-order valence-corrected chi connectivity index (χ4v) is 4.43. The molecule has 0 aromatic heterocycles. The summed E-state index contributed by atoms with van der Waals surface area (Å²) in [6, 6.07) is 4.70. The average molecular weight is 404 g/mol. The Kier molecular flexibility index (Phi) is 5.57. The van der Waals surface area contributed by atoms with E-state index in [1.165, 1.54) is 12.1 Å². The molecule has 0 radical (unpaired) electrons. The smallest absolute Gasteiger partial charge is 0.450 e. The first-order valence-corrected chi connectivity index (χ1v) is 9.54. The molecule has 3 rings (SSSR count). The van der Waals surface area contributed by atoms with Crippen LogP contribution in [0.3, 0.4) is 0 Å². The van der Waals surface area contributed by atoms with Crippen LogP contribution in [0.4, 0.5) is 18.0 Å². The van der Waals surface area contributed by atoms with Crippen LogP contribution in [0, 0.1) is 0 Å². The lowest BCUT2D eigenvalue weighted by atomic mass is 9.81. The molecule has 2 aliphatic rings. The molecule has 2 saturated heterocycles. The van der Waals surface area contributed by atoms with Crippen molar-refractivity contribution in [2.24, 2.45) is 0 Å². The highest BCUT2D eigenvalue weighted by atomic mass is 32.2. The minimum Gasteiger partial charge on any atom is -0.450 e. The second kappa shape index (κ2) is 7.59. The first kappa shape index (κ1) is 19.8. The van der Waals surface area contributed by atoms with Crippen LogP contribution in [0.25, 0.3) is 0 Å². The summed E-state index contributed by atoms with van der Waals surface area (Å²) in [6.45, 7) is 0.966. The molecule has 0 bridgehead atoms. The molecule has 0 aliphatic carbocycles. The third kappa shape index (κ3) is 4.32. The van der Waals surface area contributed by atoms with Crippen LogP contribution in [-0.4, -0.2) is 58.9 Å². The molecule has 1 aromatic carbocycles. The van der Waals surface area contributed by atoms with E-state index in [1.807, 2.05) is 0 Å². The molecule has 2 atom stereocenters. The quantitative estimate of drug-likeness (QED) is 0.755. The fraction of sp³-hybridized carbons (Fsp3) is 0.529. The number of carbonyl (C=O) groups is 2. The zero-order valence-electron chi connectivity index (χ0n) is 14.3. The number of carboxylic acid groups (broad SMARTS) is 1. The summed E-state index contributed by atoms with van der Waals surface area (Å²) in [5.74, 6) is 0.484. The number of hydrogen-bond acceptors (Lipinski definition) is 5. The number of hydrogen-bond donors (Lipinski definition) is 2. The number of piperidine rings is 1. The summed E-state index contributed by atoms with van der Waals surface area (Å²) < 4.78 is 43.3. The maximum Gasteiger partial charge on any atom is 0.506 e. The highest BCUT2D eigenvalue weighted by Crippen LogP contribution is 2.36. The second-order valence-corrected chi connectivity index (χ2v) is 7.69. The number of rotatable bonds is 3. The number of alkyl halides is 3. The molecule has 1 aromatic rings. The van der Waals surface area contributed by atoms with Gasteiger partial charge in [0.1, 0.15) is 0 Å². The Labute approximate surface area is 158 Å². The summed E-state index contributed by atoms with van der Waals surface area (Å²) in [7, 11) is 0. The molecular weight excluding hydrogens is 385 g/mol. The highest BCUT2D eigenvalue weighted by molar-refractivity contribution is 7.99. The number of amides is 1. The molecule has 148 valence electrons. The van der Waals surface area contributed by atoms with E-state index in [1.54, 1.807) is 16.7 Å². The summed E-state index contributed by atoms with van der Waals surface area (Å²) >= 11 is 1.57.